The SMILES string of the molecule is O=C(N=Nc1c(O)n(CN(Cc2ccccc2)Cc2ccccc2)c2ccccc12)c1ccccn1. The van der Waals surface area contributed by atoms with E-state index in [4.69, 9.17) is 0 Å². The number of fused-ring (bicyclic) bond motifs is 1. The highest BCUT2D eigenvalue weighted by molar-refractivity contribution is 5.96. The molecule has 5 rings (SSSR count). The van der Waals surface area contributed by atoms with Crippen molar-refractivity contribution in [3.05, 3.63) is 126 Å². The van der Waals surface area contributed by atoms with E-state index in [2.05, 4.69) is 44.4 Å². The summed E-state index contributed by atoms with van der Waals surface area (Å²) >= 11 is 0. The standard InChI is InChI=1S/C29H25N5O2/c35-28(25-16-9-10-18-30-25)32-31-27-24-15-7-8-17-26(24)34(29(27)36)21-33(19-22-11-3-1-4-12-22)20-23-13-5-2-6-14-23/h1-18,36H,19-21H2. The lowest BCUT2D eigenvalue weighted by atomic mass is 10.2. The average molecular weight is 476 g/mol. The average Bonchev–Trinajstić information content (AvgIpc) is 3.19. The molecular formula is C29H25N5O2. The fourth-order valence-corrected chi connectivity index (χ4v) is 4.19. The topological polar surface area (TPSA) is 83.1 Å². The van der Waals surface area contributed by atoms with Gasteiger partial charge in [0, 0.05) is 24.7 Å². The van der Waals surface area contributed by atoms with Crippen molar-refractivity contribution < 1.29 is 9.90 Å². The van der Waals surface area contributed by atoms with Crippen molar-refractivity contribution in [3.63, 3.8) is 0 Å². The number of hydrogen-bond acceptors (Lipinski definition) is 5. The molecule has 0 atom stereocenters. The van der Waals surface area contributed by atoms with Crippen LogP contribution in [0, 0.1) is 0 Å². The Morgan fingerprint density at radius 2 is 1.42 bits per heavy atom. The molecule has 178 valence electrons. The molecule has 0 fully saturated rings. The Morgan fingerprint density at radius 1 is 0.806 bits per heavy atom. The van der Waals surface area contributed by atoms with Gasteiger partial charge in [-0.2, -0.15) is 0 Å². The molecule has 0 saturated heterocycles. The molecular weight excluding hydrogens is 450 g/mol. The summed E-state index contributed by atoms with van der Waals surface area (Å²) in [6.45, 7) is 1.80. The van der Waals surface area contributed by atoms with Crippen LogP contribution in [0.25, 0.3) is 10.9 Å². The zero-order valence-corrected chi connectivity index (χ0v) is 19.6. The summed E-state index contributed by atoms with van der Waals surface area (Å²) in [6.07, 6.45) is 1.53. The van der Waals surface area contributed by atoms with E-state index >= 15 is 0 Å². The first-order valence-electron chi connectivity index (χ1n) is 11.7. The van der Waals surface area contributed by atoms with Gasteiger partial charge in [-0.25, -0.2) is 0 Å². The van der Waals surface area contributed by atoms with Gasteiger partial charge in [0.15, 0.2) is 5.69 Å². The first-order chi connectivity index (χ1) is 17.7. The number of azo groups is 1. The maximum atomic E-state index is 12.4. The maximum absolute atomic E-state index is 12.4. The van der Waals surface area contributed by atoms with Crippen molar-refractivity contribution in [1.82, 2.24) is 14.5 Å². The number of aromatic nitrogens is 2. The minimum absolute atomic E-state index is 0.0418. The van der Waals surface area contributed by atoms with Crippen LogP contribution in [0.1, 0.15) is 21.6 Å². The highest BCUT2D eigenvalue weighted by Gasteiger charge is 2.19. The summed E-state index contributed by atoms with van der Waals surface area (Å²) in [5.74, 6) is -0.610. The third-order valence-electron chi connectivity index (χ3n) is 5.88. The van der Waals surface area contributed by atoms with Gasteiger partial charge in [0.2, 0.25) is 5.88 Å². The Kier molecular flexibility index (Phi) is 6.91. The zero-order chi connectivity index (χ0) is 24.7. The van der Waals surface area contributed by atoms with Gasteiger partial charge in [0.25, 0.3) is 0 Å². The number of hydrogen-bond donors (Lipinski definition) is 1. The molecule has 0 unspecified atom stereocenters. The van der Waals surface area contributed by atoms with Crippen LogP contribution in [0.15, 0.2) is 120 Å². The first-order valence-corrected chi connectivity index (χ1v) is 11.7. The number of amides is 1. The first kappa shape index (κ1) is 23.1. The van der Waals surface area contributed by atoms with E-state index in [1.54, 1.807) is 22.8 Å². The predicted octanol–water partition coefficient (Wildman–Crippen LogP) is 6.33. The number of para-hydroxylation sites is 1. The van der Waals surface area contributed by atoms with Crippen molar-refractivity contribution in [3.8, 4) is 5.88 Å². The fourth-order valence-electron chi connectivity index (χ4n) is 4.19. The number of benzene rings is 3. The number of carbonyl (C=O) groups excluding carboxylic acids is 1. The molecule has 0 bridgehead atoms. The summed E-state index contributed by atoms with van der Waals surface area (Å²) in [4.78, 5) is 18.7. The summed E-state index contributed by atoms with van der Waals surface area (Å²) in [5, 5.41) is 19.9. The van der Waals surface area contributed by atoms with E-state index in [-0.39, 0.29) is 17.3 Å². The van der Waals surface area contributed by atoms with Crippen LogP contribution in [0.5, 0.6) is 5.88 Å². The molecule has 0 saturated carbocycles. The lowest BCUT2D eigenvalue weighted by Gasteiger charge is -2.24. The monoisotopic (exact) mass is 475 g/mol. The molecule has 5 aromatic rings. The Bertz CT molecular complexity index is 1440. The van der Waals surface area contributed by atoms with Crippen LogP contribution in [0.2, 0.25) is 0 Å². The van der Waals surface area contributed by atoms with E-state index < -0.39 is 5.91 Å². The number of carbonyl (C=O) groups is 1. The van der Waals surface area contributed by atoms with Gasteiger partial charge in [-0.1, -0.05) is 84.9 Å². The van der Waals surface area contributed by atoms with Crippen LogP contribution < -0.4 is 0 Å². The lowest BCUT2D eigenvalue weighted by molar-refractivity contribution is 0.0990. The number of nitrogens with zero attached hydrogens (tertiary/aromatic N) is 5. The quantitative estimate of drug-likeness (QED) is 0.266. The molecule has 3 aromatic carbocycles. The second-order valence-electron chi connectivity index (χ2n) is 8.44. The highest BCUT2D eigenvalue weighted by atomic mass is 16.3. The van der Waals surface area contributed by atoms with Crippen LogP contribution in [0.3, 0.4) is 0 Å². The Balaban J connectivity index is 1.49. The molecule has 0 spiro atoms. The largest absolute Gasteiger partial charge is 0.493 e. The Hall–Kier alpha value is -4.62. The van der Waals surface area contributed by atoms with Crippen molar-refractivity contribution >= 4 is 22.5 Å². The molecule has 36 heavy (non-hydrogen) atoms. The molecule has 0 aliphatic heterocycles. The summed E-state index contributed by atoms with van der Waals surface area (Å²) in [5.41, 5.74) is 3.60. The molecule has 1 N–H and O–H groups in total. The zero-order valence-electron chi connectivity index (χ0n) is 19.6. The fraction of sp³-hybridized carbons (Fsp3) is 0.103. The molecule has 7 nitrogen and oxygen atoms in total. The smallest absolute Gasteiger partial charge is 0.313 e. The molecule has 0 radical (unpaired) electrons. The van der Waals surface area contributed by atoms with E-state index in [1.165, 1.54) is 17.3 Å². The van der Waals surface area contributed by atoms with E-state index in [0.29, 0.717) is 25.1 Å². The summed E-state index contributed by atoms with van der Waals surface area (Å²) < 4.78 is 1.81. The molecule has 0 aliphatic rings. The Labute approximate surface area is 209 Å². The van der Waals surface area contributed by atoms with Crippen molar-refractivity contribution in [1.29, 1.82) is 0 Å². The summed E-state index contributed by atoms with van der Waals surface area (Å²) in [7, 11) is 0. The van der Waals surface area contributed by atoms with Crippen molar-refractivity contribution in [2.45, 2.75) is 19.8 Å². The predicted molar refractivity (Wildman–Crippen MR) is 139 cm³/mol. The van der Waals surface area contributed by atoms with Crippen molar-refractivity contribution in [2.75, 3.05) is 0 Å². The van der Waals surface area contributed by atoms with Gasteiger partial charge in [-0.15, -0.1) is 10.2 Å². The van der Waals surface area contributed by atoms with Gasteiger partial charge in [0.1, 0.15) is 5.69 Å². The lowest BCUT2D eigenvalue weighted by Crippen LogP contribution is -2.25. The van der Waals surface area contributed by atoms with E-state index in [0.717, 1.165) is 5.52 Å². The van der Waals surface area contributed by atoms with Crippen LogP contribution in [-0.2, 0) is 19.8 Å². The maximum Gasteiger partial charge on any atom is 0.313 e. The van der Waals surface area contributed by atoms with E-state index in [9.17, 15) is 9.90 Å². The molecule has 0 aliphatic carbocycles. The van der Waals surface area contributed by atoms with Gasteiger partial charge in [0.05, 0.1) is 12.2 Å². The minimum atomic E-state index is -0.568. The molecule has 2 aromatic heterocycles. The van der Waals surface area contributed by atoms with E-state index in [1.807, 2.05) is 60.7 Å². The number of aromatic hydroxyl groups is 1. The summed E-state index contributed by atoms with van der Waals surface area (Å²) in [6, 6.07) is 33.1. The molecule has 2 heterocycles. The minimum Gasteiger partial charge on any atom is -0.493 e. The second-order valence-corrected chi connectivity index (χ2v) is 8.44. The van der Waals surface area contributed by atoms with Crippen LogP contribution >= 0.6 is 0 Å². The van der Waals surface area contributed by atoms with Gasteiger partial charge < -0.3 is 5.11 Å². The van der Waals surface area contributed by atoms with Gasteiger partial charge in [-0.3, -0.25) is 19.2 Å². The van der Waals surface area contributed by atoms with Gasteiger partial charge >= 0.3 is 5.91 Å². The third kappa shape index (κ3) is 5.21. The Morgan fingerprint density at radius 3 is 2.06 bits per heavy atom. The second kappa shape index (κ2) is 10.8. The number of pyridine rings is 1. The molecule has 7 heteroatoms. The van der Waals surface area contributed by atoms with Crippen LogP contribution in [-0.4, -0.2) is 25.5 Å². The molecule has 1 amide bonds. The number of rotatable bonds is 8. The van der Waals surface area contributed by atoms with Gasteiger partial charge in [-0.05, 0) is 29.3 Å². The van der Waals surface area contributed by atoms with Crippen molar-refractivity contribution in [2.24, 2.45) is 10.2 Å². The highest BCUT2D eigenvalue weighted by Crippen LogP contribution is 2.39. The normalized spacial score (nSPS) is 11.5. The van der Waals surface area contributed by atoms with Crippen LogP contribution in [0.4, 0.5) is 5.69 Å². The third-order valence-corrected chi connectivity index (χ3v) is 5.88.